The molecule has 0 aliphatic carbocycles. The lowest BCUT2D eigenvalue weighted by molar-refractivity contribution is 0.210. The van der Waals surface area contributed by atoms with Gasteiger partial charge in [-0.15, -0.1) is 0 Å². The summed E-state index contributed by atoms with van der Waals surface area (Å²) in [5.41, 5.74) is 1.37. The molecule has 0 amide bonds. The molecule has 1 aromatic heterocycles. The monoisotopic (exact) mass is 345 g/mol. The minimum atomic E-state index is -0.473. The number of methoxy groups -OCH3 is 1. The van der Waals surface area contributed by atoms with E-state index in [9.17, 15) is 13.9 Å². The van der Waals surface area contributed by atoms with Crippen molar-refractivity contribution in [3.63, 3.8) is 0 Å². The molecule has 0 aliphatic rings. The average molecular weight is 345 g/mol. The number of hydrogen-bond acceptors (Lipinski definition) is 4. The Morgan fingerprint density at radius 2 is 2.08 bits per heavy atom. The molecule has 3 rings (SSSR count). The third-order valence-corrected chi connectivity index (χ3v) is 3.71. The van der Waals surface area contributed by atoms with Gasteiger partial charge in [0.25, 0.3) is 0 Å². The van der Waals surface area contributed by atoms with E-state index in [-0.39, 0.29) is 16.8 Å². The van der Waals surface area contributed by atoms with Gasteiger partial charge in [0.15, 0.2) is 5.88 Å². The molecule has 0 unspecified atom stereocenters. The van der Waals surface area contributed by atoms with E-state index in [1.54, 1.807) is 31.4 Å². The Labute approximate surface area is 143 Å². The number of halogens is 2. The topological polar surface area (TPSA) is 69.6 Å². The van der Waals surface area contributed by atoms with E-state index in [1.165, 1.54) is 18.3 Å². The number of aromatic hydroxyl groups is 1. The lowest BCUT2D eigenvalue weighted by Crippen LogP contribution is -2.08. The summed E-state index contributed by atoms with van der Waals surface area (Å²) < 4.78 is 32.9. The number of nitrogens with zero attached hydrogens (tertiary/aromatic N) is 1. The summed E-state index contributed by atoms with van der Waals surface area (Å²) in [4.78, 5) is 6.82. The van der Waals surface area contributed by atoms with Crippen LogP contribution in [-0.4, -0.2) is 36.6 Å². The molecule has 2 aromatic carbocycles. The number of anilines is 1. The van der Waals surface area contributed by atoms with Crippen LogP contribution < -0.4 is 5.32 Å². The van der Waals surface area contributed by atoms with Crippen LogP contribution in [-0.2, 0) is 4.74 Å². The molecule has 0 saturated heterocycles. The van der Waals surface area contributed by atoms with Crippen molar-refractivity contribution in [3.05, 3.63) is 53.6 Å². The first kappa shape index (κ1) is 16.9. The van der Waals surface area contributed by atoms with Gasteiger partial charge in [-0.05, 0) is 24.3 Å². The van der Waals surface area contributed by atoms with Gasteiger partial charge in [0.05, 0.1) is 29.1 Å². The fourth-order valence-corrected chi connectivity index (χ4v) is 2.50. The number of nitrogens with one attached hydrogen (secondary N) is 2. The molecule has 0 radical (unpaired) electrons. The number of aromatic amines is 1. The summed E-state index contributed by atoms with van der Waals surface area (Å²) in [5, 5.41) is 13.1. The van der Waals surface area contributed by atoms with Crippen LogP contribution >= 0.6 is 0 Å². The van der Waals surface area contributed by atoms with Gasteiger partial charge in [0.1, 0.15) is 11.6 Å². The molecular weight excluding hydrogens is 328 g/mol. The van der Waals surface area contributed by atoms with Gasteiger partial charge in [0.2, 0.25) is 0 Å². The highest BCUT2D eigenvalue weighted by Gasteiger charge is 2.12. The zero-order valence-electron chi connectivity index (χ0n) is 13.5. The van der Waals surface area contributed by atoms with E-state index in [2.05, 4.69) is 15.3 Å². The summed E-state index contributed by atoms with van der Waals surface area (Å²) in [6.45, 7) is 0.948. The average Bonchev–Trinajstić information content (AvgIpc) is 2.91. The van der Waals surface area contributed by atoms with Gasteiger partial charge in [-0.3, -0.25) is 4.99 Å². The van der Waals surface area contributed by atoms with Crippen molar-refractivity contribution in [2.24, 2.45) is 4.99 Å². The zero-order chi connectivity index (χ0) is 17.8. The Kier molecular flexibility index (Phi) is 4.95. The van der Waals surface area contributed by atoms with E-state index < -0.39 is 11.6 Å². The number of hydrogen-bond donors (Lipinski definition) is 3. The second kappa shape index (κ2) is 7.31. The summed E-state index contributed by atoms with van der Waals surface area (Å²) in [6.07, 6.45) is 1.31. The minimum absolute atomic E-state index is 0.192. The van der Waals surface area contributed by atoms with Crippen LogP contribution in [0.4, 0.5) is 20.2 Å². The van der Waals surface area contributed by atoms with Crippen LogP contribution in [0.25, 0.3) is 10.9 Å². The van der Waals surface area contributed by atoms with Crippen molar-refractivity contribution >= 4 is 28.5 Å². The lowest BCUT2D eigenvalue weighted by atomic mass is 10.1. The number of rotatable bonds is 6. The van der Waals surface area contributed by atoms with Crippen molar-refractivity contribution in [2.75, 3.05) is 25.6 Å². The summed E-state index contributed by atoms with van der Waals surface area (Å²) in [6, 6.07) is 8.93. The van der Waals surface area contributed by atoms with Crippen molar-refractivity contribution in [2.45, 2.75) is 0 Å². The molecule has 1 heterocycles. The molecule has 0 atom stereocenters. The lowest BCUT2D eigenvalue weighted by Gasteiger charge is -2.07. The van der Waals surface area contributed by atoms with E-state index in [4.69, 9.17) is 4.74 Å². The molecule has 3 aromatic rings. The van der Waals surface area contributed by atoms with Crippen molar-refractivity contribution in [1.29, 1.82) is 0 Å². The van der Waals surface area contributed by atoms with E-state index in [0.29, 0.717) is 30.0 Å². The molecule has 0 spiro atoms. The van der Waals surface area contributed by atoms with E-state index in [1.807, 2.05) is 0 Å². The van der Waals surface area contributed by atoms with Crippen LogP contribution in [0, 0.1) is 11.6 Å². The number of H-pyrrole nitrogens is 1. The largest absolute Gasteiger partial charge is 0.494 e. The molecule has 25 heavy (non-hydrogen) atoms. The Hall–Kier alpha value is -2.93. The fraction of sp³-hybridized carbons (Fsp3) is 0.167. The number of benzene rings is 2. The standard InChI is InChI=1S/C18H17F2N3O2/c1-25-8-7-21-15-6-5-11(9-14(15)20)22-10-12-17-13(19)3-2-4-16(17)23-18(12)24/h2-6,9-10,21,23-24H,7-8H2,1H3. The van der Waals surface area contributed by atoms with Gasteiger partial charge in [0, 0.05) is 31.3 Å². The highest BCUT2D eigenvalue weighted by molar-refractivity contribution is 6.02. The summed E-state index contributed by atoms with van der Waals surface area (Å²) >= 11 is 0. The quantitative estimate of drug-likeness (QED) is 0.468. The molecule has 0 bridgehead atoms. The molecular formula is C18H17F2N3O2. The van der Waals surface area contributed by atoms with Crippen molar-refractivity contribution < 1.29 is 18.6 Å². The highest BCUT2D eigenvalue weighted by atomic mass is 19.1. The van der Waals surface area contributed by atoms with Crippen LogP contribution in [0.1, 0.15) is 5.56 Å². The molecule has 0 aliphatic heterocycles. The first-order valence-corrected chi connectivity index (χ1v) is 7.65. The van der Waals surface area contributed by atoms with E-state index >= 15 is 0 Å². The normalized spacial score (nSPS) is 11.5. The van der Waals surface area contributed by atoms with Gasteiger partial charge < -0.3 is 20.1 Å². The molecule has 3 N–H and O–H groups in total. The Morgan fingerprint density at radius 1 is 1.24 bits per heavy atom. The first-order chi connectivity index (χ1) is 12.1. The molecule has 0 fully saturated rings. The third kappa shape index (κ3) is 3.61. The maximum atomic E-state index is 14.0. The first-order valence-electron chi connectivity index (χ1n) is 7.65. The zero-order valence-corrected chi connectivity index (χ0v) is 13.5. The van der Waals surface area contributed by atoms with Gasteiger partial charge in [-0.25, -0.2) is 8.78 Å². The van der Waals surface area contributed by atoms with Gasteiger partial charge in [-0.1, -0.05) is 6.07 Å². The Bertz CT molecular complexity index is 922. The summed E-state index contributed by atoms with van der Waals surface area (Å²) in [7, 11) is 1.57. The molecule has 0 saturated carbocycles. The Morgan fingerprint density at radius 3 is 2.84 bits per heavy atom. The summed E-state index contributed by atoms with van der Waals surface area (Å²) in [5.74, 6) is -1.12. The van der Waals surface area contributed by atoms with Crippen LogP contribution in [0.15, 0.2) is 41.4 Å². The van der Waals surface area contributed by atoms with Crippen molar-refractivity contribution in [1.82, 2.24) is 4.98 Å². The SMILES string of the molecule is COCCNc1ccc(N=Cc2c(O)[nH]c3cccc(F)c23)cc1F. The van der Waals surface area contributed by atoms with Crippen molar-refractivity contribution in [3.8, 4) is 5.88 Å². The van der Waals surface area contributed by atoms with Crippen LogP contribution in [0.3, 0.4) is 0 Å². The fourth-order valence-electron chi connectivity index (χ4n) is 2.50. The number of ether oxygens (including phenoxy) is 1. The second-order valence-electron chi connectivity index (χ2n) is 5.39. The predicted octanol–water partition coefficient (Wildman–Crippen LogP) is 3.96. The maximum Gasteiger partial charge on any atom is 0.198 e. The number of aliphatic imine (C=N–C) groups is 1. The van der Waals surface area contributed by atoms with Gasteiger partial charge in [-0.2, -0.15) is 0 Å². The van der Waals surface area contributed by atoms with Gasteiger partial charge >= 0.3 is 0 Å². The van der Waals surface area contributed by atoms with E-state index in [0.717, 1.165) is 0 Å². The van der Waals surface area contributed by atoms with Crippen LogP contribution in [0.5, 0.6) is 5.88 Å². The predicted molar refractivity (Wildman–Crippen MR) is 93.9 cm³/mol. The molecule has 7 heteroatoms. The Balaban J connectivity index is 1.85. The smallest absolute Gasteiger partial charge is 0.198 e. The molecule has 130 valence electrons. The number of aromatic nitrogens is 1. The number of fused-ring (bicyclic) bond motifs is 1. The minimum Gasteiger partial charge on any atom is -0.494 e. The highest BCUT2D eigenvalue weighted by Crippen LogP contribution is 2.29. The van der Waals surface area contributed by atoms with Crippen LogP contribution in [0.2, 0.25) is 0 Å². The second-order valence-corrected chi connectivity index (χ2v) is 5.39. The maximum absolute atomic E-state index is 14.0. The third-order valence-electron chi connectivity index (χ3n) is 3.71. The molecule has 5 nitrogen and oxygen atoms in total.